The van der Waals surface area contributed by atoms with Crippen LogP contribution in [0.15, 0.2) is 85.5 Å². The Morgan fingerprint density at radius 3 is 1.86 bits per heavy atom. The summed E-state index contributed by atoms with van der Waals surface area (Å²) in [6, 6.07) is 18.7. The van der Waals surface area contributed by atoms with Crippen LogP contribution in [0.2, 0.25) is 0 Å². The van der Waals surface area contributed by atoms with E-state index in [4.69, 9.17) is 4.74 Å². The van der Waals surface area contributed by atoms with Crippen LogP contribution >= 0.6 is 0 Å². The molecule has 0 aliphatic heterocycles. The summed E-state index contributed by atoms with van der Waals surface area (Å²) in [4.78, 5) is 0. The molecule has 6 heteroatoms. The highest BCUT2D eigenvalue weighted by molar-refractivity contribution is 5.72. The van der Waals surface area contributed by atoms with Gasteiger partial charge in [-0.1, -0.05) is 60.7 Å². The Bertz CT molecular complexity index is 1380. The molecule has 0 atom stereocenters. The van der Waals surface area contributed by atoms with Crippen molar-refractivity contribution >= 4 is 0 Å². The van der Waals surface area contributed by atoms with Crippen molar-refractivity contribution in [3.63, 3.8) is 0 Å². The highest BCUT2D eigenvalue weighted by Crippen LogP contribution is 2.32. The zero-order chi connectivity index (χ0) is 26.4. The third-order valence-electron chi connectivity index (χ3n) is 6.15. The van der Waals surface area contributed by atoms with Crippen molar-refractivity contribution in [1.82, 2.24) is 0 Å². The molecule has 0 aliphatic rings. The molecule has 0 bridgehead atoms. The zero-order valence-corrected chi connectivity index (χ0v) is 20.1. The third-order valence-corrected chi connectivity index (χ3v) is 6.15. The minimum Gasteiger partial charge on any atom is -0.508 e. The van der Waals surface area contributed by atoms with E-state index >= 15 is 0 Å². The van der Waals surface area contributed by atoms with E-state index in [2.05, 4.69) is 6.58 Å². The lowest BCUT2D eigenvalue weighted by molar-refractivity contribution is 0.290. The first-order valence-corrected chi connectivity index (χ1v) is 12.0. The minimum atomic E-state index is -1.00. The molecule has 1 N–H and O–H groups in total. The molecule has 0 amide bonds. The second kappa shape index (κ2) is 11.8. The maximum Gasteiger partial charge on any atom is 0.200 e. The van der Waals surface area contributed by atoms with Crippen LogP contribution in [0.3, 0.4) is 0 Å². The summed E-state index contributed by atoms with van der Waals surface area (Å²) in [5.74, 6) is -3.94. The number of aryl methyl sites for hydroxylation is 2. The predicted molar refractivity (Wildman–Crippen MR) is 138 cm³/mol. The first-order chi connectivity index (χ1) is 17.9. The van der Waals surface area contributed by atoms with Gasteiger partial charge >= 0.3 is 0 Å². The van der Waals surface area contributed by atoms with Gasteiger partial charge in [-0.15, -0.1) is 6.58 Å². The summed E-state index contributed by atoms with van der Waals surface area (Å²) in [6.07, 6.45) is 3.84. The molecular weight excluding hydrogens is 480 g/mol. The number of hydrogen-bond donors (Lipinski definition) is 1. The van der Waals surface area contributed by atoms with Crippen LogP contribution in [0.4, 0.5) is 17.6 Å². The molecule has 37 heavy (non-hydrogen) atoms. The van der Waals surface area contributed by atoms with Gasteiger partial charge in [-0.2, -0.15) is 4.39 Å². The standard InChI is InChI=1S/C31H26F4O2/c1-2-3-4-19-37-27-18-13-23(28(32)31(27)35)10-7-20-5-8-21(9-6-20)25-16-17-26(30(34)29(25)33)22-11-14-24(36)15-12-22/h2,5-6,8-9,11-18,36H,1,3-4,7,10,19H2. The molecule has 2 nitrogen and oxygen atoms in total. The van der Waals surface area contributed by atoms with Gasteiger partial charge in [0.1, 0.15) is 5.75 Å². The van der Waals surface area contributed by atoms with Crippen molar-refractivity contribution in [2.45, 2.75) is 25.7 Å². The second-order valence-electron chi connectivity index (χ2n) is 8.66. The summed E-state index contributed by atoms with van der Waals surface area (Å²) < 4.78 is 63.9. The summed E-state index contributed by atoms with van der Waals surface area (Å²) in [5.41, 5.74) is 2.23. The SMILES string of the molecule is C=CCCCOc1ccc(CCc2ccc(-c3ccc(-c4ccc(O)cc4)c(F)c3F)cc2)c(F)c1F. The van der Waals surface area contributed by atoms with Crippen molar-refractivity contribution in [2.24, 2.45) is 0 Å². The van der Waals surface area contributed by atoms with Gasteiger partial charge in [-0.3, -0.25) is 0 Å². The molecule has 0 saturated heterocycles. The van der Waals surface area contributed by atoms with Crippen LogP contribution in [0.25, 0.3) is 22.3 Å². The van der Waals surface area contributed by atoms with E-state index in [1.807, 2.05) is 0 Å². The van der Waals surface area contributed by atoms with Gasteiger partial charge in [0.15, 0.2) is 23.2 Å². The summed E-state index contributed by atoms with van der Waals surface area (Å²) >= 11 is 0. The van der Waals surface area contributed by atoms with E-state index in [9.17, 15) is 22.7 Å². The number of allylic oxidation sites excluding steroid dienone is 1. The van der Waals surface area contributed by atoms with Gasteiger partial charge in [-0.25, -0.2) is 13.2 Å². The molecule has 0 saturated carbocycles. The van der Waals surface area contributed by atoms with Gasteiger partial charge in [0.05, 0.1) is 6.61 Å². The minimum absolute atomic E-state index is 0.0372. The van der Waals surface area contributed by atoms with Gasteiger partial charge in [-0.05, 0) is 66.1 Å². The molecule has 0 aliphatic carbocycles. The van der Waals surface area contributed by atoms with Gasteiger partial charge in [0.2, 0.25) is 5.82 Å². The fraction of sp³-hybridized carbons (Fsp3) is 0.161. The highest BCUT2D eigenvalue weighted by atomic mass is 19.2. The average molecular weight is 507 g/mol. The Labute approximate surface area is 213 Å². The highest BCUT2D eigenvalue weighted by Gasteiger charge is 2.17. The molecule has 4 aromatic carbocycles. The van der Waals surface area contributed by atoms with Crippen molar-refractivity contribution in [3.05, 3.63) is 120 Å². The number of hydrogen-bond acceptors (Lipinski definition) is 2. The maximum absolute atomic E-state index is 14.9. The van der Waals surface area contributed by atoms with Crippen LogP contribution in [0.1, 0.15) is 24.0 Å². The maximum atomic E-state index is 14.9. The van der Waals surface area contributed by atoms with Gasteiger partial charge in [0, 0.05) is 11.1 Å². The molecule has 190 valence electrons. The van der Waals surface area contributed by atoms with Crippen molar-refractivity contribution < 1.29 is 27.4 Å². The fourth-order valence-electron chi connectivity index (χ4n) is 4.05. The van der Waals surface area contributed by atoms with E-state index < -0.39 is 23.3 Å². The van der Waals surface area contributed by atoms with Crippen molar-refractivity contribution in [1.29, 1.82) is 0 Å². The lowest BCUT2D eigenvalue weighted by Crippen LogP contribution is -2.03. The normalized spacial score (nSPS) is 10.9. The second-order valence-corrected chi connectivity index (χ2v) is 8.66. The third kappa shape index (κ3) is 6.02. The number of halogens is 4. The van der Waals surface area contributed by atoms with E-state index in [1.54, 1.807) is 30.3 Å². The van der Waals surface area contributed by atoms with E-state index in [0.717, 1.165) is 12.0 Å². The Morgan fingerprint density at radius 2 is 1.27 bits per heavy atom. The summed E-state index contributed by atoms with van der Waals surface area (Å²) in [7, 11) is 0. The van der Waals surface area contributed by atoms with Crippen molar-refractivity contribution in [2.75, 3.05) is 6.61 Å². The van der Waals surface area contributed by atoms with Crippen LogP contribution in [0, 0.1) is 23.3 Å². The molecule has 0 heterocycles. The van der Waals surface area contributed by atoms with Crippen LogP contribution in [-0.2, 0) is 12.8 Å². The quantitative estimate of drug-likeness (QED) is 0.133. The van der Waals surface area contributed by atoms with Crippen molar-refractivity contribution in [3.8, 4) is 33.8 Å². The summed E-state index contributed by atoms with van der Waals surface area (Å²) in [5, 5.41) is 9.42. The smallest absolute Gasteiger partial charge is 0.200 e. The Hall–Kier alpha value is -4.06. The number of phenolic OH excluding ortho intramolecular Hbond substituents is 1. The Morgan fingerprint density at radius 1 is 0.676 bits per heavy atom. The van der Waals surface area contributed by atoms with E-state index in [0.29, 0.717) is 24.0 Å². The van der Waals surface area contributed by atoms with Gasteiger partial charge in [0.25, 0.3) is 0 Å². The molecule has 0 spiro atoms. The number of ether oxygens (including phenoxy) is 1. The van der Waals surface area contributed by atoms with Gasteiger partial charge < -0.3 is 9.84 Å². The molecule has 4 rings (SSSR count). The average Bonchev–Trinajstić information content (AvgIpc) is 2.91. The Kier molecular flexibility index (Phi) is 8.29. The lowest BCUT2D eigenvalue weighted by atomic mass is 9.97. The first-order valence-electron chi connectivity index (χ1n) is 12.0. The molecule has 0 aromatic heterocycles. The van der Waals surface area contributed by atoms with E-state index in [-0.39, 0.29) is 41.2 Å². The van der Waals surface area contributed by atoms with E-state index in [1.165, 1.54) is 48.5 Å². The molecule has 0 fully saturated rings. The monoisotopic (exact) mass is 506 g/mol. The molecule has 4 aromatic rings. The summed E-state index contributed by atoms with van der Waals surface area (Å²) in [6.45, 7) is 3.89. The number of unbranched alkanes of at least 4 members (excludes halogenated alkanes) is 1. The number of aromatic hydroxyl groups is 1. The largest absolute Gasteiger partial charge is 0.508 e. The van der Waals surface area contributed by atoms with Crippen LogP contribution < -0.4 is 4.74 Å². The zero-order valence-electron chi connectivity index (χ0n) is 20.1. The first kappa shape index (κ1) is 26.0. The van der Waals surface area contributed by atoms with Crippen LogP contribution in [0.5, 0.6) is 11.5 Å². The Balaban J connectivity index is 1.44. The number of phenols is 1. The molecule has 0 radical (unpaired) electrons. The number of rotatable bonds is 10. The molecular formula is C31H26F4O2. The fourth-order valence-corrected chi connectivity index (χ4v) is 4.05. The molecule has 0 unspecified atom stereocenters. The predicted octanol–water partition coefficient (Wildman–Crippen LogP) is 8.41. The topological polar surface area (TPSA) is 29.5 Å². The number of benzene rings is 4. The lowest BCUT2D eigenvalue weighted by Gasteiger charge is -2.11. The van der Waals surface area contributed by atoms with Crippen LogP contribution in [-0.4, -0.2) is 11.7 Å².